The van der Waals surface area contributed by atoms with Crippen molar-refractivity contribution in [3.05, 3.63) is 29.5 Å². The third-order valence-corrected chi connectivity index (χ3v) is 5.18. The van der Waals surface area contributed by atoms with E-state index in [-0.39, 0.29) is 0 Å². The van der Waals surface area contributed by atoms with Crippen LogP contribution in [0, 0.1) is 17.2 Å². The van der Waals surface area contributed by atoms with E-state index in [2.05, 4.69) is 0 Å². The molecular weight excluding hydrogens is 334 g/mol. The Morgan fingerprint density at radius 1 is 1.31 bits per heavy atom. The Kier molecular flexibility index (Phi) is 4.94. The second-order valence-electron chi connectivity index (χ2n) is 6.72. The smallest absolute Gasteiger partial charge is 0.319 e. The van der Waals surface area contributed by atoms with E-state index in [1.54, 1.807) is 12.1 Å². The number of hydrogen-bond donors (Lipinski definition) is 2. The molecule has 7 nitrogen and oxygen atoms in total. The lowest BCUT2D eigenvalue weighted by molar-refractivity contribution is -0.154. The maximum Gasteiger partial charge on any atom is 0.319 e. The van der Waals surface area contributed by atoms with E-state index in [9.17, 15) is 25.1 Å². The lowest BCUT2D eigenvalue weighted by Crippen LogP contribution is -2.29. The number of nitrogens with zero attached hydrogens (tertiary/aromatic N) is 3. The van der Waals surface area contributed by atoms with E-state index in [1.807, 2.05) is 23.7 Å². The van der Waals surface area contributed by atoms with Crippen molar-refractivity contribution in [2.24, 2.45) is 5.92 Å². The first-order valence-corrected chi connectivity index (χ1v) is 8.84. The van der Waals surface area contributed by atoms with Crippen molar-refractivity contribution in [3.63, 3.8) is 0 Å². The van der Waals surface area contributed by atoms with Gasteiger partial charge in [0.15, 0.2) is 5.92 Å². The van der Waals surface area contributed by atoms with Crippen LogP contribution in [0.5, 0.6) is 0 Å². The molecule has 26 heavy (non-hydrogen) atoms. The molecule has 0 bridgehead atoms. The number of aliphatic carboxylic acids is 2. The molecule has 2 N–H and O–H groups in total. The Hall–Kier alpha value is -2.88. The van der Waals surface area contributed by atoms with Crippen molar-refractivity contribution in [3.8, 4) is 6.07 Å². The number of carboxylic acid groups (broad SMARTS) is 2. The summed E-state index contributed by atoms with van der Waals surface area (Å²) in [5, 5.41) is 33.6. The molecule has 0 saturated heterocycles. The molecule has 1 atom stereocenters. The number of aromatic nitrogens is 2. The lowest BCUT2D eigenvalue weighted by atomic mass is 9.86. The molecule has 1 fully saturated rings. The molecule has 0 amide bonds. The van der Waals surface area contributed by atoms with Crippen LogP contribution in [0.3, 0.4) is 0 Å². The average molecular weight is 355 g/mol. The van der Waals surface area contributed by atoms with Crippen LogP contribution in [-0.4, -0.2) is 31.9 Å². The number of fused-ring (bicyclic) bond motifs is 1. The van der Waals surface area contributed by atoms with E-state index in [1.165, 1.54) is 0 Å². The fourth-order valence-corrected chi connectivity index (χ4v) is 3.83. The maximum atomic E-state index is 11.4. The highest BCUT2D eigenvalue weighted by Crippen LogP contribution is 2.35. The van der Waals surface area contributed by atoms with Crippen LogP contribution in [0.1, 0.15) is 55.8 Å². The standard InChI is InChI=1S/C19H21N3O4/c1-2-15-13-8-7-11(14(10-20)17(18(23)24)19(25)26)9-16(13)22(21-15)12-5-3-4-6-12/h7-9,12,14,17H,2-6H2,1H3,(H,23,24)(H,25,26). The van der Waals surface area contributed by atoms with Crippen LogP contribution in [0.4, 0.5) is 0 Å². The summed E-state index contributed by atoms with van der Waals surface area (Å²) in [5.41, 5.74) is 2.21. The molecule has 1 unspecified atom stereocenters. The Morgan fingerprint density at radius 3 is 2.50 bits per heavy atom. The van der Waals surface area contributed by atoms with Gasteiger partial charge < -0.3 is 10.2 Å². The van der Waals surface area contributed by atoms with Gasteiger partial charge in [0.2, 0.25) is 0 Å². The molecule has 3 rings (SSSR count). The van der Waals surface area contributed by atoms with Crippen molar-refractivity contribution in [2.75, 3.05) is 0 Å². The molecular formula is C19H21N3O4. The summed E-state index contributed by atoms with van der Waals surface area (Å²) in [6.45, 7) is 2.03. The molecule has 1 aromatic carbocycles. The minimum absolute atomic E-state index is 0.295. The summed E-state index contributed by atoms with van der Waals surface area (Å²) in [6.07, 6.45) is 5.14. The van der Waals surface area contributed by atoms with Crippen LogP contribution in [0.25, 0.3) is 10.9 Å². The Balaban J connectivity index is 2.12. The monoisotopic (exact) mass is 355 g/mol. The van der Waals surface area contributed by atoms with Gasteiger partial charge >= 0.3 is 11.9 Å². The highest BCUT2D eigenvalue weighted by Gasteiger charge is 2.36. The number of hydrogen-bond acceptors (Lipinski definition) is 4. The molecule has 7 heteroatoms. The zero-order chi connectivity index (χ0) is 18.8. The summed E-state index contributed by atoms with van der Waals surface area (Å²) in [5.74, 6) is -6.08. The van der Waals surface area contributed by atoms with Gasteiger partial charge in [0.1, 0.15) is 0 Å². The number of aryl methyl sites for hydroxylation is 1. The van der Waals surface area contributed by atoms with E-state index < -0.39 is 23.8 Å². The molecule has 1 aliphatic carbocycles. The third-order valence-electron chi connectivity index (χ3n) is 5.18. The second kappa shape index (κ2) is 7.16. The fraction of sp³-hybridized carbons (Fsp3) is 0.474. The first kappa shape index (κ1) is 17.9. The number of benzene rings is 1. The van der Waals surface area contributed by atoms with Crippen LogP contribution in [0.2, 0.25) is 0 Å². The lowest BCUT2D eigenvalue weighted by Gasteiger charge is -2.16. The number of nitriles is 1. The van der Waals surface area contributed by atoms with Gasteiger partial charge in [-0.05, 0) is 30.9 Å². The molecule has 1 aromatic heterocycles. The topological polar surface area (TPSA) is 116 Å². The summed E-state index contributed by atoms with van der Waals surface area (Å²) in [7, 11) is 0. The predicted octanol–water partition coefficient (Wildman–Crippen LogP) is 3.11. The second-order valence-corrected chi connectivity index (χ2v) is 6.72. The fourth-order valence-electron chi connectivity index (χ4n) is 3.83. The minimum Gasteiger partial charge on any atom is -0.481 e. The van der Waals surface area contributed by atoms with E-state index in [4.69, 9.17) is 5.10 Å². The van der Waals surface area contributed by atoms with Gasteiger partial charge in [0.05, 0.1) is 29.2 Å². The first-order valence-electron chi connectivity index (χ1n) is 8.84. The molecule has 1 saturated carbocycles. The normalized spacial score (nSPS) is 16.0. The Morgan fingerprint density at radius 2 is 1.96 bits per heavy atom. The number of rotatable bonds is 6. The highest BCUT2D eigenvalue weighted by molar-refractivity contribution is 5.95. The number of carboxylic acids is 2. The van der Waals surface area contributed by atoms with Crippen molar-refractivity contribution in [2.45, 2.75) is 51.0 Å². The van der Waals surface area contributed by atoms with Crippen LogP contribution in [0.15, 0.2) is 18.2 Å². The van der Waals surface area contributed by atoms with E-state index in [0.717, 1.165) is 48.7 Å². The Labute approximate surface area is 150 Å². The van der Waals surface area contributed by atoms with Crippen LogP contribution in [-0.2, 0) is 16.0 Å². The third kappa shape index (κ3) is 3.03. The Bertz CT molecular complexity index is 876. The van der Waals surface area contributed by atoms with Crippen LogP contribution < -0.4 is 0 Å². The first-order chi connectivity index (χ1) is 12.5. The predicted molar refractivity (Wildman–Crippen MR) is 93.7 cm³/mol. The molecule has 0 radical (unpaired) electrons. The van der Waals surface area contributed by atoms with Gasteiger partial charge in [-0.1, -0.05) is 31.9 Å². The molecule has 1 heterocycles. The molecule has 0 spiro atoms. The summed E-state index contributed by atoms with van der Waals surface area (Å²) in [4.78, 5) is 22.7. The van der Waals surface area contributed by atoms with Crippen molar-refractivity contribution in [1.82, 2.24) is 9.78 Å². The number of carbonyl (C=O) groups is 2. The van der Waals surface area contributed by atoms with E-state index in [0.29, 0.717) is 11.6 Å². The SMILES string of the molecule is CCc1nn(C2CCCC2)c2cc(C(C#N)C(C(=O)O)C(=O)O)ccc12. The van der Waals surface area contributed by atoms with Gasteiger partial charge in [0.25, 0.3) is 0 Å². The van der Waals surface area contributed by atoms with Gasteiger partial charge in [-0.15, -0.1) is 0 Å². The zero-order valence-corrected chi connectivity index (χ0v) is 14.6. The summed E-state index contributed by atoms with van der Waals surface area (Å²) < 4.78 is 1.98. The quantitative estimate of drug-likeness (QED) is 0.769. The molecule has 136 valence electrons. The molecule has 0 aliphatic heterocycles. The van der Waals surface area contributed by atoms with Gasteiger partial charge in [-0.25, -0.2) is 0 Å². The minimum atomic E-state index is -1.80. The van der Waals surface area contributed by atoms with Crippen molar-refractivity contribution >= 4 is 22.8 Å². The molecule has 1 aliphatic rings. The summed E-state index contributed by atoms with van der Waals surface area (Å²) >= 11 is 0. The van der Waals surface area contributed by atoms with Gasteiger partial charge in [-0.3, -0.25) is 14.3 Å². The zero-order valence-electron chi connectivity index (χ0n) is 14.6. The molecule has 2 aromatic rings. The average Bonchev–Trinajstić information content (AvgIpc) is 3.25. The highest BCUT2D eigenvalue weighted by atomic mass is 16.4. The van der Waals surface area contributed by atoms with Gasteiger partial charge in [0, 0.05) is 5.39 Å². The summed E-state index contributed by atoms with van der Waals surface area (Å²) in [6, 6.07) is 7.38. The van der Waals surface area contributed by atoms with Crippen LogP contribution >= 0.6 is 0 Å². The van der Waals surface area contributed by atoms with Crippen molar-refractivity contribution in [1.29, 1.82) is 5.26 Å². The van der Waals surface area contributed by atoms with Gasteiger partial charge in [-0.2, -0.15) is 10.4 Å². The largest absolute Gasteiger partial charge is 0.481 e. The van der Waals surface area contributed by atoms with Crippen molar-refractivity contribution < 1.29 is 19.8 Å². The maximum absolute atomic E-state index is 11.4. The van der Waals surface area contributed by atoms with E-state index >= 15 is 0 Å².